The van der Waals surface area contributed by atoms with Crippen LogP contribution < -0.4 is 10.3 Å². The van der Waals surface area contributed by atoms with Crippen LogP contribution >= 0.6 is 0 Å². The lowest BCUT2D eigenvalue weighted by Crippen LogP contribution is -2.27. The molecule has 0 unspecified atom stereocenters. The van der Waals surface area contributed by atoms with Crippen LogP contribution in [0, 0.1) is 12.7 Å². The molecule has 0 aliphatic heterocycles. The smallest absolute Gasteiger partial charge is 0.299 e. The van der Waals surface area contributed by atoms with Crippen LogP contribution in [0.25, 0.3) is 0 Å². The van der Waals surface area contributed by atoms with Gasteiger partial charge in [-0.25, -0.2) is 9.37 Å². The number of rotatable bonds is 5. The predicted molar refractivity (Wildman–Crippen MR) is 74.9 cm³/mol. The number of aryl methyl sites for hydroxylation is 1. The molecule has 2 rings (SSSR count). The molecule has 0 aliphatic rings. The van der Waals surface area contributed by atoms with Gasteiger partial charge in [-0.05, 0) is 24.6 Å². The Morgan fingerprint density at radius 3 is 2.62 bits per heavy atom. The van der Waals surface area contributed by atoms with Crippen molar-refractivity contribution < 1.29 is 13.9 Å². The van der Waals surface area contributed by atoms with Crippen molar-refractivity contribution in [2.24, 2.45) is 0 Å². The lowest BCUT2D eigenvalue weighted by molar-refractivity contribution is -0.119. The molecule has 1 heterocycles. The Bertz CT molecular complexity index is 708. The number of ketones is 1. The topological polar surface area (TPSA) is 61.2 Å². The van der Waals surface area contributed by atoms with Crippen molar-refractivity contribution in [2.45, 2.75) is 19.9 Å². The second-order valence-electron chi connectivity index (χ2n) is 4.65. The van der Waals surface area contributed by atoms with E-state index in [4.69, 9.17) is 4.74 Å². The molecule has 0 saturated heterocycles. The van der Waals surface area contributed by atoms with Gasteiger partial charge in [0.25, 0.3) is 11.6 Å². The maximum absolute atomic E-state index is 12.8. The summed E-state index contributed by atoms with van der Waals surface area (Å²) in [6, 6.07) is 7.12. The van der Waals surface area contributed by atoms with Crippen LogP contribution in [0.1, 0.15) is 11.3 Å². The summed E-state index contributed by atoms with van der Waals surface area (Å²) in [4.78, 5) is 28.0. The molecule has 0 spiro atoms. The third kappa shape index (κ3) is 3.75. The number of nitrogens with zero attached hydrogens (tertiary/aromatic N) is 2. The van der Waals surface area contributed by atoms with Crippen molar-refractivity contribution in [1.82, 2.24) is 9.55 Å². The van der Waals surface area contributed by atoms with Crippen LogP contribution in [0.4, 0.5) is 4.39 Å². The number of methoxy groups -OCH3 is 1. The fourth-order valence-electron chi connectivity index (χ4n) is 1.96. The van der Waals surface area contributed by atoms with Gasteiger partial charge in [-0.15, -0.1) is 0 Å². The van der Waals surface area contributed by atoms with Crippen molar-refractivity contribution in [3.8, 4) is 6.01 Å². The van der Waals surface area contributed by atoms with Crippen molar-refractivity contribution in [3.05, 3.63) is 57.8 Å². The van der Waals surface area contributed by atoms with Crippen molar-refractivity contribution in [2.75, 3.05) is 7.11 Å². The molecule has 2 aromatic rings. The molecule has 1 aromatic heterocycles. The molecule has 6 heteroatoms. The Morgan fingerprint density at radius 1 is 1.33 bits per heavy atom. The first kappa shape index (κ1) is 14.9. The Labute approximate surface area is 121 Å². The molecule has 0 bridgehead atoms. The highest BCUT2D eigenvalue weighted by Crippen LogP contribution is 2.07. The zero-order valence-electron chi connectivity index (χ0n) is 11.8. The number of carbonyl (C=O) groups excluding carboxylic acids is 1. The lowest BCUT2D eigenvalue weighted by atomic mass is 10.1. The van der Waals surface area contributed by atoms with E-state index in [2.05, 4.69) is 4.98 Å². The van der Waals surface area contributed by atoms with E-state index in [0.29, 0.717) is 11.3 Å². The molecule has 0 N–H and O–H groups in total. The van der Waals surface area contributed by atoms with Gasteiger partial charge in [-0.1, -0.05) is 12.1 Å². The zero-order chi connectivity index (χ0) is 15.4. The lowest BCUT2D eigenvalue weighted by Gasteiger charge is -2.10. The van der Waals surface area contributed by atoms with Crippen LogP contribution in [0.5, 0.6) is 6.01 Å². The minimum Gasteiger partial charge on any atom is -0.468 e. The molecular weight excluding hydrogens is 275 g/mol. The molecule has 0 radical (unpaired) electrons. The third-order valence-electron chi connectivity index (χ3n) is 2.93. The molecule has 1 aromatic carbocycles. The highest BCUT2D eigenvalue weighted by atomic mass is 19.1. The predicted octanol–water partition coefficient (Wildman–Crippen LogP) is 1.51. The highest BCUT2D eigenvalue weighted by Gasteiger charge is 2.12. The molecule has 0 fully saturated rings. The fourth-order valence-corrected chi connectivity index (χ4v) is 1.96. The van der Waals surface area contributed by atoms with Crippen molar-refractivity contribution in [3.63, 3.8) is 0 Å². The SMILES string of the molecule is COc1nc(C)cc(=O)n1CC(=O)Cc1ccc(F)cc1. The maximum Gasteiger partial charge on any atom is 0.299 e. The molecule has 21 heavy (non-hydrogen) atoms. The second kappa shape index (κ2) is 6.30. The number of halogens is 1. The van der Waals surface area contributed by atoms with E-state index in [1.807, 2.05) is 0 Å². The van der Waals surface area contributed by atoms with Gasteiger partial charge in [0.15, 0.2) is 5.78 Å². The summed E-state index contributed by atoms with van der Waals surface area (Å²) >= 11 is 0. The van der Waals surface area contributed by atoms with Crippen molar-refractivity contribution >= 4 is 5.78 Å². The Morgan fingerprint density at radius 2 is 2.00 bits per heavy atom. The molecule has 0 amide bonds. The second-order valence-corrected chi connectivity index (χ2v) is 4.65. The summed E-state index contributed by atoms with van der Waals surface area (Å²) in [6.07, 6.45) is 0.115. The molecule has 0 atom stereocenters. The monoisotopic (exact) mass is 290 g/mol. The van der Waals surface area contributed by atoms with Crippen molar-refractivity contribution in [1.29, 1.82) is 0 Å². The number of hydrogen-bond acceptors (Lipinski definition) is 4. The average molecular weight is 290 g/mol. The van der Waals surface area contributed by atoms with Gasteiger partial charge in [0, 0.05) is 18.2 Å². The van der Waals surface area contributed by atoms with Gasteiger partial charge in [0.05, 0.1) is 13.7 Å². The van der Waals surface area contributed by atoms with E-state index in [-0.39, 0.29) is 36.1 Å². The minimum absolute atomic E-state index is 0.104. The first-order valence-corrected chi connectivity index (χ1v) is 6.38. The summed E-state index contributed by atoms with van der Waals surface area (Å²) in [5.41, 5.74) is 0.874. The minimum atomic E-state index is -0.355. The van der Waals surface area contributed by atoms with E-state index in [9.17, 15) is 14.0 Å². The first-order valence-electron chi connectivity index (χ1n) is 6.38. The number of aromatic nitrogens is 2. The maximum atomic E-state index is 12.8. The van der Waals surface area contributed by atoms with E-state index in [0.717, 1.165) is 0 Å². The Hall–Kier alpha value is -2.50. The number of carbonyl (C=O) groups is 1. The Kier molecular flexibility index (Phi) is 4.47. The summed E-state index contributed by atoms with van der Waals surface area (Å²) in [7, 11) is 1.39. The van der Waals surface area contributed by atoms with Crippen LogP contribution in [0.3, 0.4) is 0 Å². The zero-order valence-corrected chi connectivity index (χ0v) is 11.8. The quantitative estimate of drug-likeness (QED) is 0.837. The number of hydrogen-bond donors (Lipinski definition) is 0. The highest BCUT2D eigenvalue weighted by molar-refractivity contribution is 5.80. The summed E-state index contributed by atoms with van der Waals surface area (Å²) in [5.74, 6) is -0.542. The number of Topliss-reactive ketones (excluding diaryl/α,β-unsaturated/α-hetero) is 1. The average Bonchev–Trinajstić information content (AvgIpc) is 2.44. The van der Waals surface area contributed by atoms with E-state index >= 15 is 0 Å². The van der Waals surface area contributed by atoms with Crippen LogP contribution in [-0.4, -0.2) is 22.4 Å². The Balaban J connectivity index is 2.16. The molecule has 0 saturated carbocycles. The van der Waals surface area contributed by atoms with E-state index < -0.39 is 0 Å². The van der Waals surface area contributed by atoms with Crippen LogP contribution in [0.2, 0.25) is 0 Å². The van der Waals surface area contributed by atoms with Crippen LogP contribution in [-0.2, 0) is 17.8 Å². The number of benzene rings is 1. The standard InChI is InChI=1S/C15H15FN2O3/c1-10-7-14(20)18(15(17-10)21-2)9-13(19)8-11-3-5-12(16)6-4-11/h3-7H,8-9H2,1-2H3. The van der Waals surface area contributed by atoms with Gasteiger partial charge in [0.1, 0.15) is 5.82 Å². The largest absolute Gasteiger partial charge is 0.468 e. The van der Waals surface area contributed by atoms with Gasteiger partial charge < -0.3 is 4.74 Å². The fraction of sp³-hybridized carbons (Fsp3) is 0.267. The summed E-state index contributed by atoms with van der Waals surface area (Å²) < 4.78 is 19.0. The first-order chi connectivity index (χ1) is 9.99. The van der Waals surface area contributed by atoms with E-state index in [1.54, 1.807) is 19.1 Å². The summed E-state index contributed by atoms with van der Waals surface area (Å²) in [6.45, 7) is 1.54. The van der Waals surface area contributed by atoms with E-state index in [1.165, 1.54) is 29.9 Å². The summed E-state index contributed by atoms with van der Waals surface area (Å²) in [5, 5.41) is 0. The molecular formula is C15H15FN2O3. The van der Waals surface area contributed by atoms with Crippen LogP contribution in [0.15, 0.2) is 35.1 Å². The van der Waals surface area contributed by atoms with Gasteiger partial charge in [0.2, 0.25) is 0 Å². The van der Waals surface area contributed by atoms with Gasteiger partial charge in [-0.2, -0.15) is 0 Å². The number of ether oxygens (including phenoxy) is 1. The van der Waals surface area contributed by atoms with Gasteiger partial charge >= 0.3 is 0 Å². The molecule has 110 valence electrons. The molecule has 5 nitrogen and oxygen atoms in total. The molecule has 0 aliphatic carbocycles. The third-order valence-corrected chi connectivity index (χ3v) is 2.93. The normalized spacial score (nSPS) is 10.4. The van der Waals surface area contributed by atoms with Gasteiger partial charge in [-0.3, -0.25) is 14.2 Å².